The van der Waals surface area contributed by atoms with Crippen LogP contribution in [0.25, 0.3) is 20.2 Å². The largest absolute Gasteiger partial charge is 0.288 e. The van der Waals surface area contributed by atoms with Crippen molar-refractivity contribution in [3.63, 3.8) is 0 Å². The Bertz CT molecular complexity index is 899. The standard InChI is InChI=1S/C15H11NO3S/c1-2-9-7-14-11(8-12(9)16(18)19)15(17)10-5-3-4-6-13(10)20-14/h3-8H,2H2,1H3. The number of hydrogen-bond donors (Lipinski definition) is 0. The fourth-order valence-corrected chi connectivity index (χ4v) is 3.45. The third kappa shape index (κ3) is 1.87. The summed E-state index contributed by atoms with van der Waals surface area (Å²) in [5, 5.41) is 12.1. The summed E-state index contributed by atoms with van der Waals surface area (Å²) in [4.78, 5) is 23.1. The van der Waals surface area contributed by atoms with E-state index in [2.05, 4.69) is 0 Å². The van der Waals surface area contributed by atoms with Crippen molar-refractivity contribution in [2.45, 2.75) is 13.3 Å². The molecule has 0 fully saturated rings. The minimum Gasteiger partial charge on any atom is -0.288 e. The number of nitro groups is 1. The second kappa shape index (κ2) is 4.68. The lowest BCUT2D eigenvalue weighted by Crippen LogP contribution is -2.03. The minimum atomic E-state index is -0.419. The van der Waals surface area contributed by atoms with Gasteiger partial charge in [-0.25, -0.2) is 0 Å². The Kier molecular flexibility index (Phi) is 2.99. The molecule has 0 amide bonds. The van der Waals surface area contributed by atoms with Crippen molar-refractivity contribution in [1.29, 1.82) is 0 Å². The van der Waals surface area contributed by atoms with Gasteiger partial charge in [0.25, 0.3) is 5.69 Å². The third-order valence-electron chi connectivity index (χ3n) is 3.35. The summed E-state index contributed by atoms with van der Waals surface area (Å²) >= 11 is 1.49. The number of nitrogens with zero attached hydrogens (tertiary/aromatic N) is 1. The van der Waals surface area contributed by atoms with E-state index in [0.717, 1.165) is 9.40 Å². The fourth-order valence-electron chi connectivity index (χ4n) is 2.33. The molecule has 3 rings (SSSR count). The number of hydrogen-bond acceptors (Lipinski definition) is 4. The molecule has 0 saturated heterocycles. The predicted octanol–water partition coefficient (Wildman–Crippen LogP) is 3.89. The second-order valence-electron chi connectivity index (χ2n) is 4.52. The highest BCUT2D eigenvalue weighted by Crippen LogP contribution is 2.30. The topological polar surface area (TPSA) is 60.2 Å². The van der Waals surface area contributed by atoms with E-state index in [-0.39, 0.29) is 11.1 Å². The summed E-state index contributed by atoms with van der Waals surface area (Å²) in [6.07, 6.45) is 0.569. The van der Waals surface area contributed by atoms with Crippen molar-refractivity contribution in [1.82, 2.24) is 0 Å². The summed E-state index contributed by atoms with van der Waals surface area (Å²) < 4.78 is 1.71. The zero-order chi connectivity index (χ0) is 14.3. The van der Waals surface area contributed by atoms with Gasteiger partial charge < -0.3 is 0 Å². The summed E-state index contributed by atoms with van der Waals surface area (Å²) in [5.74, 6) is 0. The number of rotatable bonds is 2. The molecule has 0 spiro atoms. The van der Waals surface area contributed by atoms with E-state index in [0.29, 0.717) is 22.8 Å². The van der Waals surface area contributed by atoms with Gasteiger partial charge in [-0.05, 0) is 24.6 Å². The minimum absolute atomic E-state index is 0.0274. The van der Waals surface area contributed by atoms with Gasteiger partial charge in [0.1, 0.15) is 0 Å². The Labute approximate surface area is 118 Å². The monoisotopic (exact) mass is 285 g/mol. The molecular weight excluding hydrogens is 274 g/mol. The zero-order valence-electron chi connectivity index (χ0n) is 10.8. The molecule has 0 atom stereocenters. The molecule has 0 aliphatic carbocycles. The smallest absolute Gasteiger partial charge is 0.273 e. The first-order chi connectivity index (χ1) is 9.61. The molecule has 1 heterocycles. The number of nitro benzene ring substituents is 1. The molecule has 0 unspecified atom stereocenters. The molecule has 20 heavy (non-hydrogen) atoms. The lowest BCUT2D eigenvalue weighted by molar-refractivity contribution is -0.385. The van der Waals surface area contributed by atoms with Crippen LogP contribution in [0.1, 0.15) is 12.5 Å². The lowest BCUT2D eigenvalue weighted by atomic mass is 10.1. The van der Waals surface area contributed by atoms with Crippen LogP contribution in [0.4, 0.5) is 5.69 Å². The Balaban J connectivity index is 2.50. The van der Waals surface area contributed by atoms with Crippen LogP contribution < -0.4 is 5.43 Å². The number of aryl methyl sites for hydroxylation is 1. The van der Waals surface area contributed by atoms with Crippen molar-refractivity contribution in [3.8, 4) is 0 Å². The van der Waals surface area contributed by atoms with Crippen molar-refractivity contribution in [2.24, 2.45) is 0 Å². The van der Waals surface area contributed by atoms with E-state index in [4.69, 9.17) is 0 Å². The molecule has 100 valence electrons. The highest BCUT2D eigenvalue weighted by molar-refractivity contribution is 7.24. The summed E-state index contributed by atoms with van der Waals surface area (Å²) in [6, 6.07) is 10.5. The van der Waals surface area contributed by atoms with Crippen LogP contribution in [0, 0.1) is 10.1 Å². The van der Waals surface area contributed by atoms with Gasteiger partial charge in [-0.15, -0.1) is 11.3 Å². The molecule has 0 radical (unpaired) electrons. The maximum atomic E-state index is 12.4. The Morgan fingerprint density at radius 1 is 1.15 bits per heavy atom. The lowest BCUT2D eigenvalue weighted by Gasteiger charge is -2.04. The van der Waals surface area contributed by atoms with E-state index in [1.807, 2.05) is 19.1 Å². The van der Waals surface area contributed by atoms with E-state index in [1.165, 1.54) is 17.4 Å². The van der Waals surface area contributed by atoms with Gasteiger partial charge in [0.2, 0.25) is 0 Å². The van der Waals surface area contributed by atoms with Gasteiger partial charge in [-0.3, -0.25) is 14.9 Å². The Morgan fingerprint density at radius 3 is 2.60 bits per heavy atom. The maximum absolute atomic E-state index is 12.4. The average Bonchev–Trinajstić information content (AvgIpc) is 2.46. The van der Waals surface area contributed by atoms with Crippen LogP contribution in [0.5, 0.6) is 0 Å². The molecule has 3 aromatic rings. The molecule has 0 bridgehead atoms. The van der Waals surface area contributed by atoms with Gasteiger partial charge in [0.05, 0.1) is 4.92 Å². The first kappa shape index (κ1) is 12.7. The van der Waals surface area contributed by atoms with Crippen LogP contribution in [0.15, 0.2) is 41.2 Å². The first-order valence-corrected chi connectivity index (χ1v) is 7.06. The van der Waals surface area contributed by atoms with Gasteiger partial charge >= 0.3 is 0 Å². The molecule has 4 nitrogen and oxygen atoms in total. The predicted molar refractivity (Wildman–Crippen MR) is 81.6 cm³/mol. The van der Waals surface area contributed by atoms with Crippen LogP contribution in [-0.4, -0.2) is 4.92 Å². The van der Waals surface area contributed by atoms with Crippen LogP contribution in [0.2, 0.25) is 0 Å². The number of fused-ring (bicyclic) bond motifs is 2. The SMILES string of the molecule is CCc1cc2sc3ccccc3c(=O)c2cc1[N+](=O)[O-]. The molecule has 5 heteroatoms. The third-order valence-corrected chi connectivity index (χ3v) is 4.49. The van der Waals surface area contributed by atoms with Crippen molar-refractivity contribution >= 4 is 37.2 Å². The molecular formula is C15H11NO3S. The van der Waals surface area contributed by atoms with Crippen molar-refractivity contribution in [2.75, 3.05) is 0 Å². The summed E-state index contributed by atoms with van der Waals surface area (Å²) in [7, 11) is 0. The van der Waals surface area contributed by atoms with Crippen molar-refractivity contribution < 1.29 is 4.92 Å². The van der Waals surface area contributed by atoms with Crippen molar-refractivity contribution in [3.05, 3.63) is 62.3 Å². The summed E-state index contributed by atoms with van der Waals surface area (Å²) in [5.41, 5.74) is 0.549. The first-order valence-electron chi connectivity index (χ1n) is 6.24. The molecule has 2 aromatic carbocycles. The summed E-state index contributed by atoms with van der Waals surface area (Å²) in [6.45, 7) is 1.87. The molecule has 0 aliphatic rings. The molecule has 1 aromatic heterocycles. The molecule has 0 saturated carbocycles. The van der Waals surface area contributed by atoms with E-state index < -0.39 is 4.92 Å². The fraction of sp³-hybridized carbons (Fsp3) is 0.133. The van der Waals surface area contributed by atoms with Gasteiger partial charge in [-0.2, -0.15) is 0 Å². The number of benzene rings is 2. The highest BCUT2D eigenvalue weighted by Gasteiger charge is 2.16. The molecule has 0 N–H and O–H groups in total. The van der Waals surface area contributed by atoms with Crippen LogP contribution in [0.3, 0.4) is 0 Å². The second-order valence-corrected chi connectivity index (χ2v) is 5.60. The maximum Gasteiger partial charge on any atom is 0.273 e. The molecule has 0 aliphatic heterocycles. The van der Waals surface area contributed by atoms with Crippen LogP contribution in [-0.2, 0) is 6.42 Å². The van der Waals surface area contributed by atoms with E-state index >= 15 is 0 Å². The zero-order valence-corrected chi connectivity index (χ0v) is 11.6. The van der Waals surface area contributed by atoms with E-state index in [9.17, 15) is 14.9 Å². The Hall–Kier alpha value is -2.27. The van der Waals surface area contributed by atoms with E-state index in [1.54, 1.807) is 18.2 Å². The van der Waals surface area contributed by atoms with Gasteiger partial charge in [0, 0.05) is 31.8 Å². The normalized spacial score (nSPS) is 11.1. The van der Waals surface area contributed by atoms with Gasteiger partial charge in [0.15, 0.2) is 5.43 Å². The highest BCUT2D eigenvalue weighted by atomic mass is 32.1. The Morgan fingerprint density at radius 2 is 1.90 bits per heavy atom. The average molecular weight is 285 g/mol. The van der Waals surface area contributed by atoms with Gasteiger partial charge in [-0.1, -0.05) is 19.1 Å². The van der Waals surface area contributed by atoms with Crippen LogP contribution >= 0.6 is 11.3 Å². The quantitative estimate of drug-likeness (QED) is 0.408.